The lowest BCUT2D eigenvalue weighted by Crippen LogP contribution is -2.05. The molecule has 0 bridgehead atoms. The van der Waals surface area contributed by atoms with Gasteiger partial charge in [0.1, 0.15) is 5.82 Å². The Morgan fingerprint density at radius 2 is 2.00 bits per heavy atom. The van der Waals surface area contributed by atoms with Gasteiger partial charge in [-0.1, -0.05) is 23.2 Å². The molecule has 0 fully saturated rings. The number of hydrogen-bond donors (Lipinski definition) is 1. The van der Waals surface area contributed by atoms with E-state index in [4.69, 9.17) is 23.2 Å². The Kier molecular flexibility index (Phi) is 3.92. The Morgan fingerprint density at radius 3 is 2.65 bits per heavy atom. The first-order chi connectivity index (χ1) is 8.06. The molecule has 5 heteroatoms. The number of thiophene rings is 1. The second-order valence-corrected chi connectivity index (χ2v) is 5.79. The minimum atomic E-state index is -0.312. The monoisotopic (exact) mass is 289 g/mol. The van der Waals surface area contributed by atoms with Gasteiger partial charge in [-0.25, -0.2) is 4.39 Å². The van der Waals surface area contributed by atoms with Gasteiger partial charge in [-0.15, -0.1) is 11.3 Å². The van der Waals surface area contributed by atoms with Crippen LogP contribution in [0.2, 0.25) is 9.36 Å². The molecule has 0 aliphatic rings. The summed E-state index contributed by atoms with van der Waals surface area (Å²) in [5, 5.41) is 3.66. The van der Waals surface area contributed by atoms with Crippen molar-refractivity contribution in [3.8, 4) is 0 Å². The van der Waals surface area contributed by atoms with Crippen molar-refractivity contribution in [3.05, 3.63) is 50.4 Å². The van der Waals surface area contributed by atoms with Gasteiger partial charge in [0.05, 0.1) is 21.1 Å². The van der Waals surface area contributed by atoms with Crippen molar-refractivity contribution >= 4 is 40.2 Å². The topological polar surface area (TPSA) is 12.0 Å². The number of halogens is 3. The molecule has 0 aliphatic heterocycles. The first-order valence-corrected chi connectivity index (χ1v) is 6.60. The van der Waals surface area contributed by atoms with Crippen molar-refractivity contribution in [1.29, 1.82) is 0 Å². The van der Waals surface area contributed by atoms with Crippen LogP contribution < -0.4 is 5.32 Å². The van der Waals surface area contributed by atoms with E-state index in [1.165, 1.54) is 29.5 Å². The highest BCUT2D eigenvalue weighted by Crippen LogP contribution is 2.31. The summed E-state index contributed by atoms with van der Waals surface area (Å²) in [5.41, 5.74) is 0.587. The minimum absolute atomic E-state index is 0.0341. The molecule has 1 nitrogen and oxygen atoms in total. The molecule has 1 N–H and O–H groups in total. The van der Waals surface area contributed by atoms with E-state index in [2.05, 4.69) is 5.32 Å². The number of benzene rings is 1. The third kappa shape index (κ3) is 3.12. The molecule has 0 saturated heterocycles. The van der Waals surface area contributed by atoms with E-state index in [0.717, 1.165) is 9.21 Å². The number of anilines is 1. The van der Waals surface area contributed by atoms with Crippen LogP contribution in [0.5, 0.6) is 0 Å². The Hall–Kier alpha value is -0.770. The summed E-state index contributed by atoms with van der Waals surface area (Å²) in [5.74, 6) is -0.312. The van der Waals surface area contributed by atoms with E-state index >= 15 is 0 Å². The van der Waals surface area contributed by atoms with Crippen LogP contribution in [-0.2, 0) is 0 Å². The molecule has 1 aromatic carbocycles. The maximum atomic E-state index is 13.1. The van der Waals surface area contributed by atoms with Gasteiger partial charge in [-0.05, 0) is 37.3 Å². The van der Waals surface area contributed by atoms with Crippen LogP contribution in [-0.4, -0.2) is 0 Å². The van der Waals surface area contributed by atoms with Gasteiger partial charge in [0, 0.05) is 4.88 Å². The second-order valence-electron chi connectivity index (χ2n) is 3.63. The summed E-state index contributed by atoms with van der Waals surface area (Å²) in [4.78, 5) is 1.08. The van der Waals surface area contributed by atoms with Crippen LogP contribution >= 0.6 is 34.5 Å². The highest BCUT2D eigenvalue weighted by Gasteiger charge is 2.10. The largest absolute Gasteiger partial charge is 0.376 e. The maximum absolute atomic E-state index is 13.1. The zero-order chi connectivity index (χ0) is 12.4. The quantitative estimate of drug-likeness (QED) is 0.801. The maximum Gasteiger partial charge on any atom is 0.125 e. The summed E-state index contributed by atoms with van der Waals surface area (Å²) >= 11 is 13.3. The van der Waals surface area contributed by atoms with Crippen LogP contribution in [0.4, 0.5) is 10.1 Å². The SMILES string of the molecule is CC(Nc1cc(F)ccc1Cl)c1ccc(Cl)s1. The molecule has 1 aromatic heterocycles. The molecule has 0 amide bonds. The normalized spacial score (nSPS) is 12.5. The fourth-order valence-corrected chi connectivity index (χ4v) is 2.71. The molecule has 2 rings (SSSR count). The van der Waals surface area contributed by atoms with Crippen molar-refractivity contribution in [1.82, 2.24) is 0 Å². The van der Waals surface area contributed by atoms with Crippen molar-refractivity contribution in [2.45, 2.75) is 13.0 Å². The molecular formula is C12H10Cl2FNS. The van der Waals surface area contributed by atoms with Gasteiger partial charge in [-0.2, -0.15) is 0 Å². The van der Waals surface area contributed by atoms with E-state index in [1.54, 1.807) is 0 Å². The Bertz CT molecular complexity index is 527. The third-order valence-electron chi connectivity index (χ3n) is 2.32. The molecule has 2 aromatic rings. The smallest absolute Gasteiger partial charge is 0.125 e. The molecule has 0 aliphatic carbocycles. The van der Waals surface area contributed by atoms with E-state index in [-0.39, 0.29) is 11.9 Å². The van der Waals surface area contributed by atoms with Gasteiger partial charge in [0.15, 0.2) is 0 Å². The zero-order valence-corrected chi connectivity index (χ0v) is 11.3. The number of hydrogen-bond acceptors (Lipinski definition) is 2. The lowest BCUT2D eigenvalue weighted by Gasteiger charge is -2.14. The highest BCUT2D eigenvalue weighted by molar-refractivity contribution is 7.16. The van der Waals surface area contributed by atoms with Crippen LogP contribution in [0.1, 0.15) is 17.8 Å². The van der Waals surface area contributed by atoms with Crippen LogP contribution in [0.15, 0.2) is 30.3 Å². The molecule has 1 atom stereocenters. The van der Waals surface area contributed by atoms with Crippen LogP contribution in [0.3, 0.4) is 0 Å². The minimum Gasteiger partial charge on any atom is -0.376 e. The van der Waals surface area contributed by atoms with Gasteiger partial charge >= 0.3 is 0 Å². The molecule has 0 spiro atoms. The van der Waals surface area contributed by atoms with Crippen molar-refractivity contribution < 1.29 is 4.39 Å². The summed E-state index contributed by atoms with van der Waals surface area (Å²) in [6, 6.07) is 8.07. The fourth-order valence-electron chi connectivity index (χ4n) is 1.47. The van der Waals surface area contributed by atoms with Gasteiger partial charge in [-0.3, -0.25) is 0 Å². The number of nitrogens with one attached hydrogen (secondary N) is 1. The summed E-state index contributed by atoms with van der Waals surface area (Å²) in [7, 11) is 0. The van der Waals surface area contributed by atoms with Crippen molar-refractivity contribution in [3.63, 3.8) is 0 Å². The van der Waals surface area contributed by atoms with Crippen LogP contribution in [0.25, 0.3) is 0 Å². The van der Waals surface area contributed by atoms with Gasteiger partial charge < -0.3 is 5.32 Å². The van der Waals surface area contributed by atoms with Crippen molar-refractivity contribution in [2.75, 3.05) is 5.32 Å². The first-order valence-electron chi connectivity index (χ1n) is 5.03. The molecule has 1 unspecified atom stereocenters. The standard InChI is InChI=1S/C12H10Cl2FNS/c1-7(11-4-5-12(14)17-11)16-10-6-8(15)2-3-9(10)13/h2-7,16H,1H3. The van der Waals surface area contributed by atoms with E-state index < -0.39 is 0 Å². The van der Waals surface area contributed by atoms with Gasteiger partial charge in [0.2, 0.25) is 0 Å². The summed E-state index contributed by atoms with van der Waals surface area (Å²) < 4.78 is 13.8. The Labute approximate surface area is 113 Å². The van der Waals surface area contributed by atoms with Gasteiger partial charge in [0.25, 0.3) is 0 Å². The average molecular weight is 290 g/mol. The Morgan fingerprint density at radius 1 is 1.24 bits per heavy atom. The lowest BCUT2D eigenvalue weighted by molar-refractivity contribution is 0.628. The first kappa shape index (κ1) is 12.7. The zero-order valence-electron chi connectivity index (χ0n) is 9.01. The summed E-state index contributed by atoms with van der Waals surface area (Å²) in [6.45, 7) is 1.98. The molecule has 17 heavy (non-hydrogen) atoms. The summed E-state index contributed by atoms with van der Waals surface area (Å²) in [6.07, 6.45) is 0. The van der Waals surface area contributed by atoms with E-state index in [1.807, 2.05) is 19.1 Å². The molecule has 90 valence electrons. The third-order valence-corrected chi connectivity index (χ3v) is 4.06. The predicted molar refractivity (Wildman–Crippen MR) is 72.8 cm³/mol. The molecule has 0 radical (unpaired) electrons. The van der Waals surface area contributed by atoms with E-state index in [9.17, 15) is 4.39 Å². The van der Waals surface area contributed by atoms with Crippen LogP contribution in [0, 0.1) is 5.82 Å². The highest BCUT2D eigenvalue weighted by atomic mass is 35.5. The van der Waals surface area contributed by atoms with Crippen molar-refractivity contribution in [2.24, 2.45) is 0 Å². The van der Waals surface area contributed by atoms with E-state index in [0.29, 0.717) is 10.7 Å². The fraction of sp³-hybridized carbons (Fsp3) is 0.167. The molecular weight excluding hydrogens is 280 g/mol. The lowest BCUT2D eigenvalue weighted by atomic mass is 10.2. The molecule has 1 heterocycles. The predicted octanol–water partition coefficient (Wildman–Crippen LogP) is 5.37. The average Bonchev–Trinajstić information content (AvgIpc) is 2.70. The number of rotatable bonds is 3. The Balaban J connectivity index is 2.18. The molecule has 0 saturated carbocycles. The second kappa shape index (κ2) is 5.25.